The van der Waals surface area contributed by atoms with Gasteiger partial charge >= 0.3 is 0 Å². The average molecular weight is 766 g/mol. The molecule has 7 rings (SSSR count). The zero-order valence-corrected chi connectivity index (χ0v) is 28.9. The standard InChI is InChI=1S/C30H38Cl2N12O8/c31-29-39-25(19-27(41-29)43(9-33-19)15-5-13(21(49)23(15)51)37-17(47)7-45)35-11-1-2-12(4-3-11)36-26-20-28(42-30(32)40-26)44(10-34-20)16-6-14(22(50)24(16)52)38-18(48)8-46/h9-16,21-24,45-46,49-52H,1-8H2,(H,37,47)(H,38,48)(H,35,39,41)(H,36,40,42)/t11-,12-,13-,14-,15+,16+,21+,22+,23-,24-/m0/s1. The van der Waals surface area contributed by atoms with Crippen LogP contribution in [0.4, 0.5) is 11.6 Å². The number of amides is 2. The fourth-order valence-electron chi connectivity index (χ4n) is 7.59. The summed E-state index contributed by atoms with van der Waals surface area (Å²) in [6.07, 6.45) is 1.20. The van der Waals surface area contributed by atoms with Crippen LogP contribution in [-0.4, -0.2) is 143 Å². The Labute approximate surface area is 304 Å². The topological polar surface area (TPSA) is 291 Å². The predicted molar refractivity (Wildman–Crippen MR) is 183 cm³/mol. The Balaban J connectivity index is 1.02. The molecule has 0 aromatic carbocycles. The molecule has 0 spiro atoms. The van der Waals surface area contributed by atoms with Gasteiger partial charge in [0.15, 0.2) is 34.0 Å². The summed E-state index contributed by atoms with van der Waals surface area (Å²) in [6, 6.07) is -2.92. The summed E-state index contributed by atoms with van der Waals surface area (Å²) in [5.74, 6) is -0.502. The number of nitrogens with one attached hydrogen (secondary N) is 4. The maximum atomic E-state index is 11.7. The molecule has 0 saturated heterocycles. The number of aliphatic hydroxyl groups excluding tert-OH is 6. The van der Waals surface area contributed by atoms with Gasteiger partial charge in [-0.05, 0) is 61.7 Å². The van der Waals surface area contributed by atoms with E-state index in [0.717, 1.165) is 25.7 Å². The number of imidazole rings is 2. The third-order valence-corrected chi connectivity index (χ3v) is 10.5. The van der Waals surface area contributed by atoms with Gasteiger partial charge in [-0.1, -0.05) is 0 Å². The first kappa shape index (κ1) is 36.3. The Morgan fingerprint density at radius 3 is 1.40 bits per heavy atom. The Kier molecular flexibility index (Phi) is 10.3. The zero-order chi connectivity index (χ0) is 36.8. The lowest BCUT2D eigenvalue weighted by Gasteiger charge is -2.30. The van der Waals surface area contributed by atoms with Crippen LogP contribution >= 0.6 is 23.2 Å². The van der Waals surface area contributed by atoms with Crippen LogP contribution in [0, 0.1) is 0 Å². The lowest BCUT2D eigenvalue weighted by Crippen LogP contribution is -2.44. The number of aliphatic hydroxyl groups is 6. The predicted octanol–water partition coefficient (Wildman–Crippen LogP) is -1.60. The first-order valence-corrected chi connectivity index (χ1v) is 17.6. The SMILES string of the molecule is O=C(CO)N[C@H]1C[C@@H](n2cnc3c(N[C@H]4CC[C@H](Nc5nc(Cl)nc6c5ncn6[C@@H]5C[C@H](NC(=O)CO)[C@@H](O)[C@H]5O)CC4)nc(Cl)nc32)[C@H](O)[C@@H]1O. The van der Waals surface area contributed by atoms with Crippen LogP contribution in [0.5, 0.6) is 0 Å². The highest BCUT2D eigenvalue weighted by atomic mass is 35.5. The van der Waals surface area contributed by atoms with E-state index in [1.165, 1.54) is 12.7 Å². The van der Waals surface area contributed by atoms with Crippen molar-refractivity contribution < 1.29 is 40.2 Å². The van der Waals surface area contributed by atoms with E-state index in [-0.39, 0.29) is 35.5 Å². The third-order valence-electron chi connectivity index (χ3n) is 10.2. The number of fused-ring (bicyclic) bond motifs is 2. The third kappa shape index (κ3) is 6.92. The van der Waals surface area contributed by atoms with Crippen LogP contribution in [0.1, 0.15) is 50.6 Å². The van der Waals surface area contributed by atoms with Crippen molar-refractivity contribution in [1.82, 2.24) is 49.7 Å². The number of hydrogen-bond donors (Lipinski definition) is 10. The normalized spacial score (nSPS) is 30.5. The van der Waals surface area contributed by atoms with Gasteiger partial charge in [0.05, 0.1) is 36.8 Å². The van der Waals surface area contributed by atoms with Gasteiger partial charge < -0.3 is 61.0 Å². The summed E-state index contributed by atoms with van der Waals surface area (Å²) in [5, 5.41) is 72.7. The molecule has 3 aliphatic rings. The van der Waals surface area contributed by atoms with E-state index in [4.69, 9.17) is 33.4 Å². The van der Waals surface area contributed by atoms with Crippen LogP contribution in [0.2, 0.25) is 10.6 Å². The van der Waals surface area contributed by atoms with Crippen LogP contribution in [0.25, 0.3) is 22.3 Å². The van der Waals surface area contributed by atoms with Gasteiger partial charge in [0.25, 0.3) is 0 Å². The van der Waals surface area contributed by atoms with Crippen molar-refractivity contribution in [3.05, 3.63) is 23.2 Å². The molecule has 0 aliphatic heterocycles. The van der Waals surface area contributed by atoms with Crippen molar-refractivity contribution in [2.75, 3.05) is 23.8 Å². The number of carbonyl (C=O) groups excluding carboxylic acids is 2. The van der Waals surface area contributed by atoms with Crippen molar-refractivity contribution in [2.24, 2.45) is 0 Å². The fourth-order valence-corrected chi connectivity index (χ4v) is 7.92. The molecule has 8 atom stereocenters. The summed E-state index contributed by atoms with van der Waals surface area (Å²) < 4.78 is 3.21. The zero-order valence-electron chi connectivity index (χ0n) is 27.4. The Morgan fingerprint density at radius 2 is 1.04 bits per heavy atom. The molecule has 0 radical (unpaired) electrons. The monoisotopic (exact) mass is 764 g/mol. The minimum absolute atomic E-state index is 0.00268. The molecule has 10 N–H and O–H groups in total. The van der Waals surface area contributed by atoms with E-state index in [0.29, 0.717) is 34.0 Å². The molecule has 3 aliphatic carbocycles. The molecule has 20 nitrogen and oxygen atoms in total. The molecule has 4 aromatic heterocycles. The van der Waals surface area contributed by atoms with Crippen LogP contribution in [0.15, 0.2) is 12.7 Å². The van der Waals surface area contributed by atoms with Gasteiger partial charge in [0.1, 0.15) is 37.6 Å². The second-order valence-electron chi connectivity index (χ2n) is 13.4. The fraction of sp³-hybridized carbons (Fsp3) is 0.600. The number of carbonyl (C=O) groups is 2. The summed E-state index contributed by atoms with van der Waals surface area (Å²) in [4.78, 5) is 49.9. The molecule has 3 saturated carbocycles. The first-order valence-electron chi connectivity index (χ1n) is 16.8. The van der Waals surface area contributed by atoms with Crippen molar-refractivity contribution in [3.8, 4) is 0 Å². The molecule has 4 heterocycles. The Hall–Kier alpha value is -4.02. The molecule has 3 fully saturated rings. The molecular formula is C30H38Cl2N12O8. The van der Waals surface area contributed by atoms with Gasteiger partial charge in [-0.3, -0.25) is 9.59 Å². The summed E-state index contributed by atoms with van der Waals surface area (Å²) >= 11 is 12.7. The molecule has 0 unspecified atom stereocenters. The van der Waals surface area contributed by atoms with E-state index in [2.05, 4.69) is 51.2 Å². The van der Waals surface area contributed by atoms with E-state index < -0.39 is 73.6 Å². The van der Waals surface area contributed by atoms with E-state index in [1.54, 1.807) is 9.13 Å². The second kappa shape index (κ2) is 14.8. The number of anilines is 2. The van der Waals surface area contributed by atoms with Crippen molar-refractivity contribution in [3.63, 3.8) is 0 Å². The quantitative estimate of drug-likeness (QED) is 0.0813. The molecule has 22 heteroatoms. The Morgan fingerprint density at radius 1 is 0.654 bits per heavy atom. The summed E-state index contributed by atoms with van der Waals surface area (Å²) in [7, 11) is 0. The highest BCUT2D eigenvalue weighted by Crippen LogP contribution is 2.37. The van der Waals surface area contributed by atoms with Crippen LogP contribution in [-0.2, 0) is 9.59 Å². The Bertz CT molecular complexity index is 1820. The van der Waals surface area contributed by atoms with Gasteiger partial charge in [-0.25, -0.2) is 9.97 Å². The number of rotatable bonds is 10. The first-order chi connectivity index (χ1) is 24.9. The largest absolute Gasteiger partial charge is 0.388 e. The highest BCUT2D eigenvalue weighted by molar-refractivity contribution is 6.29. The highest BCUT2D eigenvalue weighted by Gasteiger charge is 2.45. The maximum Gasteiger partial charge on any atom is 0.246 e. The molecule has 52 heavy (non-hydrogen) atoms. The molecular weight excluding hydrogens is 727 g/mol. The van der Waals surface area contributed by atoms with E-state index in [9.17, 15) is 30.0 Å². The molecule has 2 amide bonds. The number of aromatic nitrogens is 8. The lowest BCUT2D eigenvalue weighted by molar-refractivity contribution is -0.126. The molecule has 4 aromatic rings. The maximum absolute atomic E-state index is 11.7. The summed E-state index contributed by atoms with van der Waals surface area (Å²) in [6.45, 7) is -1.48. The van der Waals surface area contributed by atoms with Gasteiger partial charge in [0.2, 0.25) is 22.4 Å². The van der Waals surface area contributed by atoms with E-state index >= 15 is 0 Å². The van der Waals surface area contributed by atoms with Crippen LogP contribution in [0.3, 0.4) is 0 Å². The van der Waals surface area contributed by atoms with E-state index in [1.807, 2.05) is 0 Å². The minimum atomic E-state index is -1.27. The minimum Gasteiger partial charge on any atom is -0.388 e. The van der Waals surface area contributed by atoms with Crippen molar-refractivity contribution in [2.45, 2.75) is 99.2 Å². The van der Waals surface area contributed by atoms with Gasteiger partial charge in [0, 0.05) is 12.1 Å². The molecule has 0 bridgehead atoms. The average Bonchev–Trinajstić information content (AvgIpc) is 3.87. The molecule has 280 valence electrons. The lowest BCUT2D eigenvalue weighted by atomic mass is 9.91. The van der Waals surface area contributed by atoms with Crippen molar-refractivity contribution >= 4 is 69.0 Å². The smallest absolute Gasteiger partial charge is 0.246 e. The summed E-state index contributed by atoms with van der Waals surface area (Å²) in [5.41, 5.74) is 1.53. The van der Waals surface area contributed by atoms with Gasteiger partial charge in [-0.2, -0.15) is 19.9 Å². The number of nitrogens with zero attached hydrogens (tertiary/aromatic N) is 8. The number of hydrogen-bond acceptors (Lipinski definition) is 16. The van der Waals surface area contributed by atoms with Crippen molar-refractivity contribution in [1.29, 1.82) is 0 Å². The van der Waals surface area contributed by atoms with Gasteiger partial charge in [-0.15, -0.1) is 0 Å². The number of halogens is 2. The van der Waals surface area contributed by atoms with Crippen LogP contribution < -0.4 is 21.3 Å². The second-order valence-corrected chi connectivity index (χ2v) is 14.1.